The van der Waals surface area contributed by atoms with Crippen LogP contribution in [-0.4, -0.2) is 53.2 Å². The van der Waals surface area contributed by atoms with Crippen LogP contribution in [-0.2, 0) is 0 Å². The monoisotopic (exact) mass is 449 g/mol. The number of piperazine rings is 1. The third kappa shape index (κ3) is 4.72. The number of rotatable bonds is 3. The summed E-state index contributed by atoms with van der Waals surface area (Å²) in [6.45, 7) is 3.40. The maximum absolute atomic E-state index is 5.66. The molecule has 4 nitrogen and oxygen atoms in total. The highest BCUT2D eigenvalue weighted by Gasteiger charge is 2.21. The molecule has 1 aliphatic heterocycles. The number of thiocarbonyl (C=S) groups is 2. The van der Waals surface area contributed by atoms with Crippen molar-refractivity contribution in [2.24, 2.45) is 0 Å². The van der Waals surface area contributed by atoms with Gasteiger partial charge in [-0.05, 0) is 60.7 Å². The van der Waals surface area contributed by atoms with Crippen molar-refractivity contribution < 1.29 is 4.74 Å². The molecule has 3 rings (SSSR count). The first kappa shape index (κ1) is 19.1. The SMILES string of the molecule is COc1ccc(C(=S)N2CCN(C(=S)Nc3ccc(Br)cc3)CC2)cc1. The first-order valence-corrected chi connectivity index (χ1v) is 9.92. The minimum Gasteiger partial charge on any atom is -0.497 e. The van der Waals surface area contributed by atoms with E-state index in [1.54, 1.807) is 7.11 Å². The molecule has 136 valence electrons. The molecule has 0 spiro atoms. The van der Waals surface area contributed by atoms with E-state index in [9.17, 15) is 0 Å². The van der Waals surface area contributed by atoms with Gasteiger partial charge in [-0.2, -0.15) is 0 Å². The number of hydrogen-bond donors (Lipinski definition) is 1. The van der Waals surface area contributed by atoms with Crippen LogP contribution < -0.4 is 10.1 Å². The first-order chi connectivity index (χ1) is 12.6. The molecule has 0 bridgehead atoms. The molecule has 1 saturated heterocycles. The smallest absolute Gasteiger partial charge is 0.173 e. The molecule has 0 radical (unpaired) electrons. The fourth-order valence-corrected chi connectivity index (χ4v) is 3.65. The Morgan fingerprint density at radius 2 is 1.50 bits per heavy atom. The Bertz CT molecular complexity index is 772. The third-order valence-corrected chi connectivity index (χ3v) is 5.67. The second kappa shape index (κ2) is 8.79. The Hall–Kier alpha value is -1.70. The van der Waals surface area contributed by atoms with E-state index in [0.29, 0.717) is 0 Å². The van der Waals surface area contributed by atoms with Gasteiger partial charge in [-0.25, -0.2) is 0 Å². The maximum atomic E-state index is 5.66. The van der Waals surface area contributed by atoms with Crippen molar-refractivity contribution in [2.75, 3.05) is 38.6 Å². The van der Waals surface area contributed by atoms with Gasteiger partial charge in [0.25, 0.3) is 0 Å². The van der Waals surface area contributed by atoms with E-state index >= 15 is 0 Å². The molecule has 1 fully saturated rings. The molecule has 1 N–H and O–H groups in total. The van der Waals surface area contributed by atoms with Crippen molar-refractivity contribution in [2.45, 2.75) is 0 Å². The lowest BCUT2D eigenvalue weighted by molar-refractivity contribution is 0.264. The molecule has 0 aromatic heterocycles. The zero-order chi connectivity index (χ0) is 18.5. The van der Waals surface area contributed by atoms with Crippen molar-refractivity contribution in [3.8, 4) is 5.75 Å². The molecule has 2 aromatic rings. The summed E-state index contributed by atoms with van der Waals surface area (Å²) in [7, 11) is 1.66. The molecule has 0 aliphatic carbocycles. The molecular weight excluding hydrogens is 430 g/mol. The number of halogens is 1. The lowest BCUT2D eigenvalue weighted by atomic mass is 10.2. The minimum absolute atomic E-state index is 0.752. The van der Waals surface area contributed by atoms with Crippen LogP contribution >= 0.6 is 40.4 Å². The van der Waals surface area contributed by atoms with Crippen LogP contribution in [0.2, 0.25) is 0 Å². The predicted octanol–water partition coefficient (Wildman–Crippen LogP) is 4.15. The number of nitrogens with one attached hydrogen (secondary N) is 1. The molecule has 0 amide bonds. The van der Waals surface area contributed by atoms with Gasteiger partial charge in [0, 0.05) is 41.9 Å². The van der Waals surface area contributed by atoms with Crippen LogP contribution in [0.4, 0.5) is 5.69 Å². The van der Waals surface area contributed by atoms with Gasteiger partial charge >= 0.3 is 0 Å². The number of benzene rings is 2. The number of hydrogen-bond acceptors (Lipinski definition) is 3. The summed E-state index contributed by atoms with van der Waals surface area (Å²) in [6, 6.07) is 15.9. The van der Waals surface area contributed by atoms with E-state index in [4.69, 9.17) is 29.2 Å². The third-order valence-electron chi connectivity index (χ3n) is 4.29. The quantitative estimate of drug-likeness (QED) is 0.707. The van der Waals surface area contributed by atoms with E-state index < -0.39 is 0 Å². The van der Waals surface area contributed by atoms with Crippen LogP contribution in [0.3, 0.4) is 0 Å². The lowest BCUT2D eigenvalue weighted by Crippen LogP contribution is -2.51. The molecule has 2 aromatic carbocycles. The van der Waals surface area contributed by atoms with Crippen LogP contribution in [0.25, 0.3) is 0 Å². The van der Waals surface area contributed by atoms with Crippen LogP contribution in [0.1, 0.15) is 5.56 Å². The van der Waals surface area contributed by atoms with Crippen LogP contribution in [0.5, 0.6) is 5.75 Å². The largest absolute Gasteiger partial charge is 0.497 e. The Labute approximate surface area is 173 Å². The fraction of sp³-hybridized carbons (Fsp3) is 0.263. The maximum Gasteiger partial charge on any atom is 0.173 e. The number of anilines is 1. The molecule has 0 unspecified atom stereocenters. The van der Waals surface area contributed by atoms with E-state index in [2.05, 4.69) is 31.0 Å². The van der Waals surface area contributed by atoms with Crippen LogP contribution in [0.15, 0.2) is 53.0 Å². The summed E-state index contributed by atoms with van der Waals surface area (Å²) >= 11 is 14.6. The van der Waals surface area contributed by atoms with Gasteiger partial charge in [-0.3, -0.25) is 0 Å². The summed E-state index contributed by atoms with van der Waals surface area (Å²) in [5, 5.41) is 4.05. The van der Waals surface area contributed by atoms with Gasteiger partial charge in [0.1, 0.15) is 10.7 Å². The molecule has 26 heavy (non-hydrogen) atoms. The Morgan fingerprint density at radius 1 is 0.923 bits per heavy atom. The van der Waals surface area contributed by atoms with E-state index in [0.717, 1.165) is 57.8 Å². The van der Waals surface area contributed by atoms with Crippen molar-refractivity contribution in [3.63, 3.8) is 0 Å². The van der Waals surface area contributed by atoms with Gasteiger partial charge in [-0.15, -0.1) is 0 Å². The zero-order valence-corrected chi connectivity index (χ0v) is 17.7. The molecule has 1 aliphatic rings. The zero-order valence-electron chi connectivity index (χ0n) is 14.4. The lowest BCUT2D eigenvalue weighted by Gasteiger charge is -2.37. The summed E-state index contributed by atoms with van der Waals surface area (Å²) in [5.74, 6) is 0.839. The number of methoxy groups -OCH3 is 1. The van der Waals surface area contributed by atoms with E-state index in [1.807, 2.05) is 48.5 Å². The first-order valence-electron chi connectivity index (χ1n) is 8.31. The van der Waals surface area contributed by atoms with Crippen molar-refractivity contribution in [1.82, 2.24) is 9.80 Å². The topological polar surface area (TPSA) is 27.7 Å². The van der Waals surface area contributed by atoms with Crippen molar-refractivity contribution in [1.29, 1.82) is 0 Å². The minimum atomic E-state index is 0.752. The summed E-state index contributed by atoms with van der Waals surface area (Å²) in [5.41, 5.74) is 2.04. The average Bonchev–Trinajstić information content (AvgIpc) is 2.69. The van der Waals surface area contributed by atoms with Crippen molar-refractivity contribution >= 4 is 56.2 Å². The van der Waals surface area contributed by atoms with E-state index in [1.165, 1.54) is 0 Å². The Balaban J connectivity index is 1.53. The molecule has 0 saturated carbocycles. The van der Waals surface area contributed by atoms with Crippen LogP contribution in [0, 0.1) is 0 Å². The molecule has 0 atom stereocenters. The van der Waals surface area contributed by atoms with Gasteiger partial charge in [0.05, 0.1) is 7.11 Å². The molecule has 7 heteroatoms. The summed E-state index contributed by atoms with van der Waals surface area (Å²) < 4.78 is 6.25. The normalized spacial score (nSPS) is 14.1. The Kier molecular flexibility index (Phi) is 6.45. The number of ether oxygens (including phenoxy) is 1. The Morgan fingerprint density at radius 3 is 2.08 bits per heavy atom. The summed E-state index contributed by atoms with van der Waals surface area (Å²) in [6.07, 6.45) is 0. The van der Waals surface area contributed by atoms with Gasteiger partial charge in [0.2, 0.25) is 0 Å². The fourth-order valence-electron chi connectivity index (χ4n) is 2.76. The standard InChI is InChI=1S/C19H20BrN3OS2/c1-24-17-8-2-14(3-9-17)18(25)22-10-12-23(13-11-22)19(26)21-16-6-4-15(20)5-7-16/h2-9H,10-13H2,1H3,(H,21,26). The molecular formula is C19H20BrN3OS2. The number of nitrogens with zero attached hydrogens (tertiary/aromatic N) is 2. The highest BCUT2D eigenvalue weighted by molar-refractivity contribution is 9.10. The van der Waals surface area contributed by atoms with Gasteiger partial charge in [-0.1, -0.05) is 28.1 Å². The summed E-state index contributed by atoms with van der Waals surface area (Å²) in [4.78, 5) is 5.29. The van der Waals surface area contributed by atoms with Crippen molar-refractivity contribution in [3.05, 3.63) is 58.6 Å². The molecule has 1 heterocycles. The van der Waals surface area contributed by atoms with Gasteiger partial charge in [0.15, 0.2) is 5.11 Å². The van der Waals surface area contributed by atoms with Gasteiger partial charge < -0.3 is 19.9 Å². The second-order valence-electron chi connectivity index (χ2n) is 5.94. The highest BCUT2D eigenvalue weighted by Crippen LogP contribution is 2.17. The predicted molar refractivity (Wildman–Crippen MR) is 118 cm³/mol. The second-order valence-corrected chi connectivity index (χ2v) is 7.63. The van der Waals surface area contributed by atoms with E-state index in [-0.39, 0.29) is 0 Å². The highest BCUT2D eigenvalue weighted by atomic mass is 79.9. The average molecular weight is 450 g/mol.